The molecule has 0 fully saturated rings. The van der Waals surface area contributed by atoms with Gasteiger partial charge in [-0.3, -0.25) is 14.6 Å². The van der Waals surface area contributed by atoms with E-state index < -0.39 is 0 Å². The molecule has 148 valence electrons. The first-order chi connectivity index (χ1) is 14.1. The van der Waals surface area contributed by atoms with Crippen LogP contribution >= 0.6 is 0 Å². The first kappa shape index (κ1) is 20.1. The summed E-state index contributed by atoms with van der Waals surface area (Å²) in [6.45, 7) is 2.15. The summed E-state index contributed by atoms with van der Waals surface area (Å²) in [5.41, 5.74) is 1.51. The molecule has 0 spiro atoms. The number of benzene rings is 2. The Hall–Kier alpha value is -3.67. The summed E-state index contributed by atoms with van der Waals surface area (Å²) < 4.78 is 5.77. The van der Waals surface area contributed by atoms with E-state index in [1.54, 1.807) is 23.2 Å². The second-order valence-corrected chi connectivity index (χ2v) is 6.43. The number of hydrogen-bond donors (Lipinski definition) is 1. The van der Waals surface area contributed by atoms with Crippen LogP contribution in [0.5, 0.6) is 11.5 Å². The van der Waals surface area contributed by atoms with Crippen LogP contribution in [-0.4, -0.2) is 23.3 Å². The highest BCUT2D eigenvalue weighted by Crippen LogP contribution is 2.24. The van der Waals surface area contributed by atoms with Crippen molar-refractivity contribution in [2.24, 2.45) is 0 Å². The molecule has 6 heteroatoms. The van der Waals surface area contributed by atoms with Gasteiger partial charge >= 0.3 is 0 Å². The number of pyridine rings is 1. The first-order valence-corrected chi connectivity index (χ1v) is 9.39. The Labute approximate surface area is 170 Å². The van der Waals surface area contributed by atoms with Crippen LogP contribution in [0.3, 0.4) is 0 Å². The van der Waals surface area contributed by atoms with Crippen molar-refractivity contribution in [1.29, 1.82) is 0 Å². The van der Waals surface area contributed by atoms with E-state index >= 15 is 0 Å². The van der Waals surface area contributed by atoms with Crippen LogP contribution < -0.4 is 15.0 Å². The SMILES string of the molecule is CC(=O)N(CCC(=O)NCc1ccccn1)c1ccc(Oc2ccccc2)cc1. The maximum Gasteiger partial charge on any atom is 0.223 e. The van der Waals surface area contributed by atoms with E-state index in [0.717, 1.165) is 17.1 Å². The molecule has 0 aliphatic heterocycles. The molecule has 0 saturated heterocycles. The summed E-state index contributed by atoms with van der Waals surface area (Å²) in [4.78, 5) is 29.9. The predicted octanol–water partition coefficient (Wildman–Crippen LogP) is 3.93. The number of nitrogens with one attached hydrogen (secondary N) is 1. The number of rotatable bonds is 8. The van der Waals surface area contributed by atoms with Gasteiger partial charge in [-0.2, -0.15) is 0 Å². The van der Waals surface area contributed by atoms with Gasteiger partial charge in [0.2, 0.25) is 11.8 Å². The van der Waals surface area contributed by atoms with E-state index in [4.69, 9.17) is 4.74 Å². The van der Waals surface area contributed by atoms with Gasteiger partial charge in [-0.05, 0) is 48.5 Å². The molecule has 0 aliphatic carbocycles. The molecule has 1 heterocycles. The number of anilines is 1. The highest BCUT2D eigenvalue weighted by molar-refractivity contribution is 5.92. The molecule has 0 aliphatic rings. The second-order valence-electron chi connectivity index (χ2n) is 6.43. The van der Waals surface area contributed by atoms with E-state index in [1.165, 1.54) is 6.92 Å². The minimum absolute atomic E-state index is 0.126. The lowest BCUT2D eigenvalue weighted by molar-refractivity contribution is -0.121. The minimum atomic E-state index is -0.133. The number of carbonyl (C=O) groups excluding carboxylic acids is 2. The summed E-state index contributed by atoms with van der Waals surface area (Å²) in [7, 11) is 0. The summed E-state index contributed by atoms with van der Waals surface area (Å²) in [5.74, 6) is 1.16. The lowest BCUT2D eigenvalue weighted by Crippen LogP contribution is -2.33. The van der Waals surface area contributed by atoms with Crippen molar-refractivity contribution >= 4 is 17.5 Å². The highest BCUT2D eigenvalue weighted by Gasteiger charge is 2.14. The minimum Gasteiger partial charge on any atom is -0.457 e. The molecule has 0 saturated carbocycles. The number of ether oxygens (including phenoxy) is 1. The van der Waals surface area contributed by atoms with Gasteiger partial charge in [0, 0.05) is 31.8 Å². The normalized spacial score (nSPS) is 10.2. The standard InChI is InChI=1S/C23H23N3O3/c1-18(27)26(16-14-23(28)25-17-19-7-5-6-15-24-19)20-10-12-22(13-11-20)29-21-8-3-2-4-9-21/h2-13,15H,14,16-17H2,1H3,(H,25,28). The third kappa shape index (κ3) is 6.17. The van der Waals surface area contributed by atoms with Crippen molar-refractivity contribution < 1.29 is 14.3 Å². The zero-order valence-electron chi connectivity index (χ0n) is 16.2. The van der Waals surface area contributed by atoms with Crippen LogP contribution in [-0.2, 0) is 16.1 Å². The fourth-order valence-corrected chi connectivity index (χ4v) is 2.78. The quantitative estimate of drug-likeness (QED) is 0.634. The zero-order valence-corrected chi connectivity index (χ0v) is 16.2. The lowest BCUT2D eigenvalue weighted by atomic mass is 10.2. The van der Waals surface area contributed by atoms with Gasteiger partial charge < -0.3 is 15.0 Å². The Balaban J connectivity index is 1.55. The number of amides is 2. The lowest BCUT2D eigenvalue weighted by Gasteiger charge is -2.21. The number of carbonyl (C=O) groups is 2. The van der Waals surface area contributed by atoms with E-state index in [-0.39, 0.29) is 18.2 Å². The summed E-state index contributed by atoms with van der Waals surface area (Å²) in [6, 6.07) is 22.3. The third-order valence-electron chi connectivity index (χ3n) is 4.26. The van der Waals surface area contributed by atoms with Crippen LogP contribution in [0, 0.1) is 0 Å². The van der Waals surface area contributed by atoms with Gasteiger partial charge in [-0.1, -0.05) is 24.3 Å². The molecule has 0 unspecified atom stereocenters. The summed E-state index contributed by atoms with van der Waals surface area (Å²) in [5, 5.41) is 2.82. The zero-order chi connectivity index (χ0) is 20.5. The monoisotopic (exact) mass is 389 g/mol. The molecule has 2 aromatic carbocycles. The predicted molar refractivity (Wildman–Crippen MR) is 112 cm³/mol. The van der Waals surface area contributed by atoms with Crippen molar-refractivity contribution in [3.63, 3.8) is 0 Å². The highest BCUT2D eigenvalue weighted by atomic mass is 16.5. The van der Waals surface area contributed by atoms with Crippen molar-refractivity contribution in [1.82, 2.24) is 10.3 Å². The summed E-state index contributed by atoms with van der Waals surface area (Å²) >= 11 is 0. The fraction of sp³-hybridized carbons (Fsp3) is 0.174. The number of hydrogen-bond acceptors (Lipinski definition) is 4. The molecule has 6 nitrogen and oxygen atoms in total. The van der Waals surface area contributed by atoms with E-state index in [9.17, 15) is 9.59 Å². The molecular weight excluding hydrogens is 366 g/mol. The van der Waals surface area contributed by atoms with Crippen molar-refractivity contribution in [3.05, 3.63) is 84.7 Å². The Morgan fingerprint density at radius 1 is 0.931 bits per heavy atom. The maximum absolute atomic E-state index is 12.1. The topological polar surface area (TPSA) is 71.5 Å². The molecule has 2 amide bonds. The van der Waals surface area contributed by atoms with Crippen molar-refractivity contribution in [2.45, 2.75) is 19.9 Å². The van der Waals surface area contributed by atoms with E-state index in [2.05, 4.69) is 10.3 Å². The molecular formula is C23H23N3O3. The summed E-state index contributed by atoms with van der Waals surface area (Å²) in [6.07, 6.45) is 1.89. The number of para-hydroxylation sites is 1. The van der Waals surface area contributed by atoms with E-state index in [0.29, 0.717) is 18.8 Å². The smallest absolute Gasteiger partial charge is 0.223 e. The van der Waals surface area contributed by atoms with Gasteiger partial charge in [0.25, 0.3) is 0 Å². The Morgan fingerprint density at radius 2 is 1.62 bits per heavy atom. The molecule has 3 rings (SSSR count). The molecule has 29 heavy (non-hydrogen) atoms. The van der Waals surface area contributed by atoms with Gasteiger partial charge in [0.05, 0.1) is 12.2 Å². The van der Waals surface area contributed by atoms with Crippen molar-refractivity contribution in [3.8, 4) is 11.5 Å². The van der Waals surface area contributed by atoms with Gasteiger partial charge in [-0.15, -0.1) is 0 Å². The van der Waals surface area contributed by atoms with Crippen LogP contribution in [0.4, 0.5) is 5.69 Å². The van der Waals surface area contributed by atoms with E-state index in [1.807, 2.05) is 60.7 Å². The molecule has 0 atom stereocenters. The maximum atomic E-state index is 12.1. The van der Waals surface area contributed by atoms with Crippen LogP contribution in [0.1, 0.15) is 19.0 Å². The molecule has 1 aromatic heterocycles. The number of aromatic nitrogens is 1. The van der Waals surface area contributed by atoms with Crippen LogP contribution in [0.15, 0.2) is 79.0 Å². The van der Waals surface area contributed by atoms with Crippen LogP contribution in [0.25, 0.3) is 0 Å². The van der Waals surface area contributed by atoms with Crippen LogP contribution in [0.2, 0.25) is 0 Å². The third-order valence-corrected chi connectivity index (χ3v) is 4.26. The fourth-order valence-electron chi connectivity index (χ4n) is 2.78. The van der Waals surface area contributed by atoms with Gasteiger partial charge in [-0.25, -0.2) is 0 Å². The average molecular weight is 389 g/mol. The molecule has 1 N–H and O–H groups in total. The molecule has 0 bridgehead atoms. The average Bonchev–Trinajstić information content (AvgIpc) is 2.75. The largest absolute Gasteiger partial charge is 0.457 e. The first-order valence-electron chi connectivity index (χ1n) is 9.39. The van der Waals surface area contributed by atoms with Gasteiger partial charge in [0.1, 0.15) is 11.5 Å². The Kier molecular flexibility index (Phi) is 6.95. The second kappa shape index (κ2) is 10.0. The Morgan fingerprint density at radius 3 is 2.28 bits per heavy atom. The Bertz CT molecular complexity index is 929. The molecule has 3 aromatic rings. The molecule has 0 radical (unpaired) electrons. The number of nitrogens with zero attached hydrogens (tertiary/aromatic N) is 2. The van der Waals surface area contributed by atoms with Crippen molar-refractivity contribution in [2.75, 3.05) is 11.4 Å². The van der Waals surface area contributed by atoms with Gasteiger partial charge in [0.15, 0.2) is 0 Å².